The molecule has 0 aliphatic heterocycles. The van der Waals surface area contributed by atoms with Gasteiger partial charge in [-0.05, 0) is 23.5 Å². The van der Waals surface area contributed by atoms with Crippen LogP contribution < -0.4 is 5.32 Å². The molecule has 1 aromatic rings. The summed E-state index contributed by atoms with van der Waals surface area (Å²) in [5.41, 5.74) is 2.14. The van der Waals surface area contributed by atoms with E-state index in [-0.39, 0.29) is 16.8 Å². The Kier molecular flexibility index (Phi) is 7.98. The number of rotatable bonds is 8. The van der Waals surface area contributed by atoms with E-state index < -0.39 is 17.9 Å². The molecule has 132 valence electrons. The zero-order valence-corrected chi connectivity index (χ0v) is 15.4. The quantitative estimate of drug-likeness (QED) is 0.752. The summed E-state index contributed by atoms with van der Waals surface area (Å²) in [6, 6.07) is 6.90. The molecule has 0 fully saturated rings. The molecule has 5 nitrogen and oxygen atoms in total. The van der Waals surface area contributed by atoms with E-state index in [9.17, 15) is 14.4 Å². The Bertz CT molecular complexity index is 583. The van der Waals surface area contributed by atoms with Crippen molar-refractivity contribution in [1.82, 2.24) is 5.32 Å². The second-order valence-corrected chi connectivity index (χ2v) is 7.31. The molecule has 0 heterocycles. The van der Waals surface area contributed by atoms with Crippen molar-refractivity contribution in [1.29, 1.82) is 0 Å². The molecule has 1 amide bonds. The number of aliphatic carboxylic acids is 1. The zero-order valence-electron chi connectivity index (χ0n) is 14.5. The maximum Gasteiger partial charge on any atom is 0.327 e. The molecule has 0 aliphatic rings. The first-order chi connectivity index (χ1) is 11.2. The predicted octanol–water partition coefficient (Wildman–Crippen LogP) is 2.84. The number of thioether (sulfide) groups is 1. The van der Waals surface area contributed by atoms with Gasteiger partial charge in [0.1, 0.15) is 6.04 Å². The number of hydrogen-bond acceptors (Lipinski definition) is 4. The first-order valence-electron chi connectivity index (χ1n) is 7.96. The summed E-state index contributed by atoms with van der Waals surface area (Å²) in [4.78, 5) is 34.3. The highest BCUT2D eigenvalue weighted by Crippen LogP contribution is 2.23. The van der Waals surface area contributed by atoms with Crippen LogP contribution in [0.4, 0.5) is 0 Å². The maximum absolute atomic E-state index is 12.3. The van der Waals surface area contributed by atoms with Crippen molar-refractivity contribution in [3.63, 3.8) is 0 Å². The second-order valence-electron chi connectivity index (χ2n) is 6.28. The van der Waals surface area contributed by atoms with E-state index in [1.165, 1.54) is 12.5 Å². The van der Waals surface area contributed by atoms with Crippen LogP contribution in [0.5, 0.6) is 0 Å². The van der Waals surface area contributed by atoms with Gasteiger partial charge in [0.05, 0.1) is 5.92 Å². The van der Waals surface area contributed by atoms with Crippen molar-refractivity contribution in [2.45, 2.75) is 46.1 Å². The summed E-state index contributed by atoms with van der Waals surface area (Å²) in [6.07, 6.45) is 0.994. The lowest BCUT2D eigenvalue weighted by molar-refractivity contribution is -0.140. The fourth-order valence-electron chi connectivity index (χ4n) is 2.26. The highest BCUT2D eigenvalue weighted by Gasteiger charge is 2.22. The Morgan fingerprint density at radius 2 is 1.71 bits per heavy atom. The molecule has 1 rings (SSSR count). The van der Waals surface area contributed by atoms with Crippen LogP contribution in [0, 0.1) is 5.92 Å². The molecule has 2 unspecified atom stereocenters. The molecule has 24 heavy (non-hydrogen) atoms. The number of carboxylic acids is 1. The van der Waals surface area contributed by atoms with Crippen LogP contribution in [-0.4, -0.2) is 33.9 Å². The Hall–Kier alpha value is -1.82. The molecule has 2 N–H and O–H groups in total. The molecule has 1 aromatic carbocycles. The van der Waals surface area contributed by atoms with Crippen LogP contribution in [-0.2, 0) is 20.8 Å². The smallest absolute Gasteiger partial charge is 0.327 e. The predicted molar refractivity (Wildman–Crippen MR) is 96.1 cm³/mol. The van der Waals surface area contributed by atoms with E-state index in [0.717, 1.165) is 23.7 Å². The highest BCUT2D eigenvalue weighted by molar-refractivity contribution is 8.13. The van der Waals surface area contributed by atoms with Gasteiger partial charge in [-0.15, -0.1) is 0 Å². The van der Waals surface area contributed by atoms with Crippen molar-refractivity contribution in [3.05, 3.63) is 35.4 Å². The van der Waals surface area contributed by atoms with Crippen LogP contribution >= 0.6 is 11.8 Å². The molecule has 2 atom stereocenters. The van der Waals surface area contributed by atoms with Gasteiger partial charge in [0, 0.05) is 12.7 Å². The lowest BCUT2D eigenvalue weighted by Crippen LogP contribution is -2.41. The molecule has 0 saturated carbocycles. The fourth-order valence-corrected chi connectivity index (χ4v) is 3.20. The Labute approximate surface area is 147 Å². The molecule has 0 saturated heterocycles. The van der Waals surface area contributed by atoms with Crippen molar-refractivity contribution >= 4 is 28.8 Å². The second kappa shape index (κ2) is 9.47. The van der Waals surface area contributed by atoms with Gasteiger partial charge in [-0.3, -0.25) is 9.59 Å². The number of carboxylic acid groups (broad SMARTS) is 1. The third-order valence-corrected chi connectivity index (χ3v) is 4.68. The van der Waals surface area contributed by atoms with Gasteiger partial charge >= 0.3 is 5.97 Å². The van der Waals surface area contributed by atoms with Crippen LogP contribution in [0.1, 0.15) is 44.7 Å². The summed E-state index contributed by atoms with van der Waals surface area (Å²) in [5.74, 6) is -1.30. The normalized spacial score (nSPS) is 13.4. The average molecular weight is 351 g/mol. The number of hydrogen-bond donors (Lipinski definition) is 2. The lowest BCUT2D eigenvalue weighted by Gasteiger charge is -2.15. The van der Waals surface area contributed by atoms with Gasteiger partial charge in [0.2, 0.25) is 5.91 Å². The van der Waals surface area contributed by atoms with Crippen LogP contribution in [0.2, 0.25) is 0 Å². The van der Waals surface area contributed by atoms with E-state index >= 15 is 0 Å². The Balaban J connectivity index is 2.63. The minimum absolute atomic E-state index is 0.0174. The van der Waals surface area contributed by atoms with Gasteiger partial charge in [-0.1, -0.05) is 56.8 Å². The average Bonchev–Trinajstić information content (AvgIpc) is 2.50. The zero-order chi connectivity index (χ0) is 18.3. The molecular formula is C18H25NO4S. The molecular weight excluding hydrogens is 326 g/mol. The third-order valence-electron chi connectivity index (χ3n) is 3.55. The van der Waals surface area contributed by atoms with Crippen molar-refractivity contribution < 1.29 is 19.5 Å². The minimum Gasteiger partial charge on any atom is -0.480 e. The van der Waals surface area contributed by atoms with Crippen molar-refractivity contribution in [2.75, 3.05) is 5.75 Å². The van der Waals surface area contributed by atoms with Gasteiger partial charge < -0.3 is 10.4 Å². The standard InChI is InChI=1S/C18H25NO4S/c1-11(2)9-14-5-7-15(8-6-14)12(3)18(23)24-10-16(17(21)22)19-13(4)20/h5-8,11-12,16H,9-10H2,1-4H3,(H,19,20)(H,21,22). The van der Waals surface area contributed by atoms with E-state index in [4.69, 9.17) is 5.11 Å². The highest BCUT2D eigenvalue weighted by atomic mass is 32.2. The van der Waals surface area contributed by atoms with Gasteiger partial charge in [-0.25, -0.2) is 4.79 Å². The van der Waals surface area contributed by atoms with Crippen LogP contribution in [0.25, 0.3) is 0 Å². The van der Waals surface area contributed by atoms with Crippen LogP contribution in [0.15, 0.2) is 24.3 Å². The minimum atomic E-state index is -1.14. The molecule has 0 aromatic heterocycles. The number of carbonyl (C=O) groups is 3. The van der Waals surface area contributed by atoms with E-state index in [1.54, 1.807) is 6.92 Å². The fraction of sp³-hybridized carbons (Fsp3) is 0.500. The summed E-state index contributed by atoms with van der Waals surface area (Å²) in [5, 5.41) is 11.3. The van der Waals surface area contributed by atoms with Crippen molar-refractivity contribution in [2.24, 2.45) is 5.92 Å². The Morgan fingerprint density at radius 3 is 2.17 bits per heavy atom. The number of benzene rings is 1. The van der Waals surface area contributed by atoms with E-state index in [1.807, 2.05) is 24.3 Å². The summed E-state index contributed by atoms with van der Waals surface area (Å²) < 4.78 is 0. The summed E-state index contributed by atoms with van der Waals surface area (Å²) >= 11 is 0.938. The molecule has 0 aliphatic carbocycles. The third kappa shape index (κ3) is 6.74. The maximum atomic E-state index is 12.3. The van der Waals surface area contributed by atoms with E-state index in [2.05, 4.69) is 19.2 Å². The molecule has 0 radical (unpaired) electrons. The molecule has 0 spiro atoms. The molecule has 0 bridgehead atoms. The number of amides is 1. The first kappa shape index (κ1) is 20.2. The van der Waals surface area contributed by atoms with Gasteiger partial charge in [0.15, 0.2) is 5.12 Å². The molecule has 6 heteroatoms. The van der Waals surface area contributed by atoms with Crippen LogP contribution in [0.3, 0.4) is 0 Å². The topological polar surface area (TPSA) is 83.5 Å². The summed E-state index contributed by atoms with van der Waals surface area (Å²) in [6.45, 7) is 7.38. The van der Waals surface area contributed by atoms with Gasteiger partial charge in [-0.2, -0.15) is 0 Å². The number of nitrogens with one attached hydrogen (secondary N) is 1. The van der Waals surface area contributed by atoms with E-state index in [0.29, 0.717) is 5.92 Å². The summed E-state index contributed by atoms with van der Waals surface area (Å²) in [7, 11) is 0. The monoisotopic (exact) mass is 351 g/mol. The SMILES string of the molecule is CC(=O)NC(CSC(=O)C(C)c1ccc(CC(C)C)cc1)C(=O)O. The lowest BCUT2D eigenvalue weighted by atomic mass is 9.97. The van der Waals surface area contributed by atoms with Crippen molar-refractivity contribution in [3.8, 4) is 0 Å². The first-order valence-corrected chi connectivity index (χ1v) is 8.94. The largest absolute Gasteiger partial charge is 0.480 e. The van der Waals surface area contributed by atoms with Gasteiger partial charge in [0.25, 0.3) is 0 Å². The number of carbonyl (C=O) groups excluding carboxylic acids is 2. The Morgan fingerprint density at radius 1 is 1.12 bits per heavy atom.